The Bertz CT molecular complexity index is 1000. The van der Waals surface area contributed by atoms with Gasteiger partial charge in [-0.05, 0) is 43.0 Å². The number of carbonyl (C=O) groups is 1. The summed E-state index contributed by atoms with van der Waals surface area (Å²) in [4.78, 5) is 17.1. The molecule has 2 aliphatic heterocycles. The van der Waals surface area contributed by atoms with Crippen molar-refractivity contribution in [2.75, 3.05) is 56.6 Å². The molecular weight excluding hydrogens is 424 g/mol. The summed E-state index contributed by atoms with van der Waals surface area (Å²) in [6.07, 6.45) is 1.48. The second-order valence-corrected chi connectivity index (χ2v) is 10.1. The number of hydrogen-bond donors (Lipinski definition) is 1. The second-order valence-electron chi connectivity index (χ2n) is 7.33. The van der Waals surface area contributed by atoms with Crippen LogP contribution in [0.2, 0.25) is 0 Å². The summed E-state index contributed by atoms with van der Waals surface area (Å²) < 4.78 is 31.7. The van der Waals surface area contributed by atoms with Crippen LogP contribution in [0.1, 0.15) is 12.8 Å². The van der Waals surface area contributed by atoms with E-state index in [0.29, 0.717) is 11.4 Å². The van der Waals surface area contributed by atoms with E-state index in [4.69, 9.17) is 4.74 Å². The number of urea groups is 1. The number of rotatable bonds is 7. The average Bonchev–Trinajstić information content (AvgIpc) is 3.23. The summed E-state index contributed by atoms with van der Waals surface area (Å²) >= 11 is 1.23. The molecule has 2 aliphatic rings. The predicted octanol–water partition coefficient (Wildman–Crippen LogP) is 2.90. The van der Waals surface area contributed by atoms with Gasteiger partial charge in [-0.15, -0.1) is 11.3 Å². The number of piperazine rings is 1. The number of ether oxygens (including phenoxy) is 1. The molecule has 162 valence electrons. The van der Waals surface area contributed by atoms with Crippen molar-refractivity contribution in [1.29, 1.82) is 0 Å². The molecule has 2 aromatic rings. The van der Waals surface area contributed by atoms with Crippen LogP contribution in [-0.2, 0) is 10.0 Å². The number of amides is 2. The van der Waals surface area contributed by atoms with Crippen LogP contribution < -0.4 is 15.0 Å². The number of nitrogens with zero attached hydrogens (tertiary/aromatic N) is 3. The smallest absolute Gasteiger partial charge is 0.336 e. The molecule has 1 fully saturated rings. The Morgan fingerprint density at radius 2 is 1.80 bits per heavy atom. The van der Waals surface area contributed by atoms with Gasteiger partial charge < -0.3 is 9.64 Å². The number of nitrogens with one attached hydrogen (secondary N) is 1. The molecule has 30 heavy (non-hydrogen) atoms. The standard InChI is InChI=1S/C20H26N4O4S2/c1-28-17-7-3-2-6-16(17)23-13-11-22(12-14-23)9-4-5-10-24-20(25)21-19-18(8-15-29-19)30(24,26)27/h2-3,6-8,15H,4-5,9-14H2,1H3,(H,21,25). The van der Waals surface area contributed by atoms with E-state index < -0.39 is 16.1 Å². The van der Waals surface area contributed by atoms with Crippen molar-refractivity contribution in [3.05, 3.63) is 35.7 Å². The van der Waals surface area contributed by atoms with Crippen LogP contribution in [0.4, 0.5) is 15.5 Å². The topological polar surface area (TPSA) is 82.2 Å². The molecule has 1 aromatic carbocycles. The van der Waals surface area contributed by atoms with Crippen LogP contribution in [0, 0.1) is 0 Å². The third-order valence-electron chi connectivity index (χ3n) is 5.53. The van der Waals surface area contributed by atoms with Crippen LogP contribution >= 0.6 is 11.3 Å². The van der Waals surface area contributed by atoms with Crippen LogP contribution in [0.25, 0.3) is 0 Å². The molecule has 0 bridgehead atoms. The lowest BCUT2D eigenvalue weighted by atomic mass is 10.2. The third-order valence-corrected chi connectivity index (χ3v) is 8.31. The SMILES string of the molecule is COc1ccccc1N1CCN(CCCCN2C(=O)Nc3sccc3S2(=O)=O)CC1. The van der Waals surface area contributed by atoms with Gasteiger partial charge in [0.2, 0.25) is 0 Å². The molecule has 0 saturated carbocycles. The van der Waals surface area contributed by atoms with Gasteiger partial charge in [-0.1, -0.05) is 12.1 Å². The van der Waals surface area contributed by atoms with Crippen LogP contribution in [0.15, 0.2) is 40.6 Å². The molecule has 0 aliphatic carbocycles. The highest BCUT2D eigenvalue weighted by atomic mass is 32.2. The summed E-state index contributed by atoms with van der Waals surface area (Å²) in [5.74, 6) is 0.890. The van der Waals surface area contributed by atoms with E-state index >= 15 is 0 Å². The number of benzene rings is 1. The minimum atomic E-state index is -3.74. The van der Waals surface area contributed by atoms with Crippen LogP contribution in [0.5, 0.6) is 5.75 Å². The van der Waals surface area contributed by atoms with Crippen LogP contribution in [0.3, 0.4) is 0 Å². The molecule has 10 heteroatoms. The van der Waals surface area contributed by atoms with Gasteiger partial charge in [-0.3, -0.25) is 10.2 Å². The van der Waals surface area contributed by atoms with Gasteiger partial charge in [0.1, 0.15) is 15.6 Å². The Hall–Kier alpha value is -2.30. The Morgan fingerprint density at radius 3 is 2.57 bits per heavy atom. The summed E-state index contributed by atoms with van der Waals surface area (Å²) in [5, 5.41) is 4.75. The summed E-state index contributed by atoms with van der Waals surface area (Å²) in [7, 11) is -2.05. The number of methoxy groups -OCH3 is 1. The van der Waals surface area contributed by atoms with E-state index in [1.54, 1.807) is 18.6 Å². The van der Waals surface area contributed by atoms with Gasteiger partial charge in [0.05, 0.1) is 12.8 Å². The molecule has 0 unspecified atom stereocenters. The molecule has 1 saturated heterocycles. The number of unbranched alkanes of at least 4 members (excludes halogenated alkanes) is 1. The quantitative estimate of drug-likeness (QED) is 0.653. The molecule has 4 rings (SSSR count). The Labute approximate surface area is 181 Å². The van der Waals surface area contributed by atoms with Crippen LogP contribution in [-0.4, -0.2) is 70.0 Å². The molecule has 0 radical (unpaired) electrons. The first-order valence-corrected chi connectivity index (χ1v) is 12.3. The number of fused-ring (bicyclic) bond motifs is 1. The molecule has 0 spiro atoms. The fraction of sp³-hybridized carbons (Fsp3) is 0.450. The van der Waals surface area contributed by atoms with Crippen molar-refractivity contribution in [2.45, 2.75) is 17.7 Å². The Morgan fingerprint density at radius 1 is 1.07 bits per heavy atom. The fourth-order valence-corrected chi connectivity index (χ4v) is 6.51. The maximum absolute atomic E-state index is 12.6. The highest BCUT2D eigenvalue weighted by Crippen LogP contribution is 2.34. The van der Waals surface area contributed by atoms with E-state index in [-0.39, 0.29) is 11.4 Å². The highest BCUT2D eigenvalue weighted by Gasteiger charge is 2.37. The lowest BCUT2D eigenvalue weighted by Crippen LogP contribution is -2.47. The number of hydrogen-bond acceptors (Lipinski definition) is 7. The van der Waals surface area contributed by atoms with Crippen molar-refractivity contribution in [3.8, 4) is 5.75 Å². The van der Waals surface area contributed by atoms with Crippen molar-refractivity contribution in [1.82, 2.24) is 9.21 Å². The van der Waals surface area contributed by atoms with Crippen molar-refractivity contribution >= 4 is 38.1 Å². The van der Waals surface area contributed by atoms with E-state index in [1.807, 2.05) is 18.2 Å². The van der Waals surface area contributed by atoms with Crippen molar-refractivity contribution in [2.24, 2.45) is 0 Å². The van der Waals surface area contributed by atoms with E-state index in [0.717, 1.165) is 54.9 Å². The number of thiophene rings is 1. The van der Waals surface area contributed by atoms with E-state index in [2.05, 4.69) is 21.2 Å². The molecular formula is C20H26N4O4S2. The number of sulfonamides is 1. The predicted molar refractivity (Wildman–Crippen MR) is 118 cm³/mol. The van der Waals surface area contributed by atoms with E-state index in [9.17, 15) is 13.2 Å². The van der Waals surface area contributed by atoms with Gasteiger partial charge in [-0.25, -0.2) is 17.5 Å². The molecule has 1 aromatic heterocycles. The van der Waals surface area contributed by atoms with E-state index in [1.165, 1.54) is 11.3 Å². The molecule has 1 N–H and O–H groups in total. The summed E-state index contributed by atoms with van der Waals surface area (Å²) in [6.45, 7) is 4.82. The first kappa shape index (κ1) is 21.0. The minimum Gasteiger partial charge on any atom is -0.495 e. The number of para-hydroxylation sites is 2. The Kier molecular flexibility index (Phi) is 6.16. The first-order valence-electron chi connectivity index (χ1n) is 10.0. The van der Waals surface area contributed by atoms with Gasteiger partial charge in [0, 0.05) is 32.7 Å². The zero-order chi connectivity index (χ0) is 21.1. The normalized spacial score (nSPS) is 18.8. The molecule has 0 atom stereocenters. The minimum absolute atomic E-state index is 0.194. The largest absolute Gasteiger partial charge is 0.495 e. The monoisotopic (exact) mass is 450 g/mol. The summed E-state index contributed by atoms with van der Waals surface area (Å²) in [6, 6.07) is 9.04. The fourth-order valence-electron chi connectivity index (χ4n) is 3.90. The van der Waals surface area contributed by atoms with Gasteiger partial charge in [0.15, 0.2) is 0 Å². The van der Waals surface area contributed by atoms with Gasteiger partial charge >= 0.3 is 6.03 Å². The van der Waals surface area contributed by atoms with Gasteiger partial charge in [-0.2, -0.15) is 0 Å². The lowest BCUT2D eigenvalue weighted by molar-refractivity contribution is 0.230. The first-order chi connectivity index (χ1) is 14.5. The maximum Gasteiger partial charge on any atom is 0.336 e. The summed E-state index contributed by atoms with van der Waals surface area (Å²) in [5.41, 5.74) is 1.12. The lowest BCUT2D eigenvalue weighted by Gasteiger charge is -2.36. The zero-order valence-electron chi connectivity index (χ0n) is 16.9. The number of carbonyl (C=O) groups excluding carboxylic acids is 1. The Balaban J connectivity index is 1.24. The molecule has 8 nitrogen and oxygen atoms in total. The maximum atomic E-state index is 12.6. The second kappa shape index (κ2) is 8.83. The zero-order valence-corrected chi connectivity index (χ0v) is 18.5. The average molecular weight is 451 g/mol. The molecule has 2 amide bonds. The van der Waals surface area contributed by atoms with Gasteiger partial charge in [0.25, 0.3) is 10.0 Å². The third kappa shape index (κ3) is 4.12. The van der Waals surface area contributed by atoms with Crippen molar-refractivity contribution < 1.29 is 17.9 Å². The number of anilines is 2. The molecule has 3 heterocycles. The highest BCUT2D eigenvalue weighted by molar-refractivity contribution is 7.90. The van der Waals surface area contributed by atoms with Crippen molar-refractivity contribution in [3.63, 3.8) is 0 Å².